The maximum atomic E-state index is 11.7. The molecule has 0 aliphatic carbocycles. The van der Waals surface area contributed by atoms with Gasteiger partial charge in [-0.2, -0.15) is 0 Å². The van der Waals surface area contributed by atoms with E-state index in [4.69, 9.17) is 5.11 Å². The summed E-state index contributed by atoms with van der Waals surface area (Å²) in [6.07, 6.45) is 1.02. The van der Waals surface area contributed by atoms with Crippen LogP contribution in [-0.2, 0) is 4.79 Å². The summed E-state index contributed by atoms with van der Waals surface area (Å²) >= 11 is 1.41. The summed E-state index contributed by atoms with van der Waals surface area (Å²) < 4.78 is 0. The molecule has 0 aromatic rings. The molecule has 0 fully saturated rings. The topological polar surface area (TPSA) is 57.6 Å². The Labute approximate surface area is 128 Å². The van der Waals surface area contributed by atoms with Crippen LogP contribution in [0.1, 0.15) is 54.4 Å². The first-order valence-corrected chi connectivity index (χ1v) is 8.36. The van der Waals surface area contributed by atoms with Gasteiger partial charge in [-0.05, 0) is 24.0 Å². The highest BCUT2D eigenvalue weighted by Crippen LogP contribution is 2.12. The minimum absolute atomic E-state index is 0.231. The summed E-state index contributed by atoms with van der Waals surface area (Å²) in [5.74, 6) is 1.26. The molecule has 120 valence electrons. The van der Waals surface area contributed by atoms with Gasteiger partial charge in [0.1, 0.15) is 0 Å². The molecule has 0 saturated heterocycles. The minimum Gasteiger partial charge on any atom is -0.481 e. The molecule has 5 heteroatoms. The van der Waals surface area contributed by atoms with Crippen LogP contribution in [0.5, 0.6) is 0 Å². The van der Waals surface area contributed by atoms with Crippen molar-refractivity contribution in [3.63, 3.8) is 0 Å². The van der Waals surface area contributed by atoms with Crippen molar-refractivity contribution in [3.05, 3.63) is 0 Å². The number of hydrogen-bond acceptors (Lipinski definition) is 3. The van der Waals surface area contributed by atoms with E-state index in [1.165, 1.54) is 11.8 Å². The van der Waals surface area contributed by atoms with Gasteiger partial charge in [-0.25, -0.2) is 0 Å². The number of nitrogens with zero attached hydrogens (tertiary/aromatic N) is 1. The first-order valence-electron chi connectivity index (χ1n) is 7.37. The summed E-state index contributed by atoms with van der Waals surface area (Å²) in [6.45, 7) is 14.2. The van der Waals surface area contributed by atoms with Gasteiger partial charge in [0.15, 0.2) is 0 Å². The van der Waals surface area contributed by atoms with E-state index in [9.17, 15) is 9.59 Å². The summed E-state index contributed by atoms with van der Waals surface area (Å²) in [4.78, 5) is 23.3. The predicted molar refractivity (Wildman–Crippen MR) is 87.3 cm³/mol. The lowest BCUT2D eigenvalue weighted by atomic mass is 10.1. The number of carboxylic acid groups (broad SMARTS) is 1. The van der Waals surface area contributed by atoms with Crippen LogP contribution in [0, 0.1) is 11.8 Å². The highest BCUT2D eigenvalue weighted by molar-refractivity contribution is 8.13. The largest absolute Gasteiger partial charge is 0.481 e. The molecule has 0 bridgehead atoms. The fourth-order valence-electron chi connectivity index (χ4n) is 1.53. The van der Waals surface area contributed by atoms with E-state index >= 15 is 0 Å². The molecule has 1 amide bonds. The first-order chi connectivity index (χ1) is 9.24. The fraction of sp³-hybridized carbons (Fsp3) is 0.867. The standard InChI is InChI=1S/C11H23NOS.C4H8O2/c1-6-14-11(13)12(7-9(2)3)8-10(4)5;1-2-3-4(5)6/h9-10H,6-8H2,1-5H3;2-3H2,1H3,(H,5,6). The third-order valence-corrected chi connectivity index (χ3v) is 2.95. The van der Waals surface area contributed by atoms with Crippen LogP contribution in [0.3, 0.4) is 0 Å². The molecule has 4 nitrogen and oxygen atoms in total. The number of carboxylic acids is 1. The SMILES string of the molecule is CCCC(=O)O.CCSC(=O)N(CC(C)C)CC(C)C. The quantitative estimate of drug-likeness (QED) is 0.760. The number of amides is 1. The molecule has 1 N–H and O–H groups in total. The molecule has 20 heavy (non-hydrogen) atoms. The molecule has 0 unspecified atom stereocenters. The van der Waals surface area contributed by atoms with E-state index in [2.05, 4.69) is 27.7 Å². The first kappa shape index (κ1) is 21.6. The highest BCUT2D eigenvalue weighted by atomic mass is 32.2. The smallest absolute Gasteiger partial charge is 0.303 e. The Bertz CT molecular complexity index is 258. The van der Waals surface area contributed by atoms with Crippen molar-refractivity contribution in [3.8, 4) is 0 Å². The maximum Gasteiger partial charge on any atom is 0.303 e. The average molecular weight is 305 g/mol. The number of aliphatic carboxylic acids is 1. The predicted octanol–water partition coefficient (Wildman–Crippen LogP) is 4.34. The van der Waals surface area contributed by atoms with Crippen molar-refractivity contribution < 1.29 is 14.7 Å². The Balaban J connectivity index is 0. The number of thioether (sulfide) groups is 1. The molecule has 0 rings (SSSR count). The second-order valence-corrected chi connectivity index (χ2v) is 6.75. The Kier molecular flexibility index (Phi) is 14.3. The number of carbonyl (C=O) groups excluding carboxylic acids is 1. The van der Waals surface area contributed by atoms with E-state index < -0.39 is 5.97 Å². The Morgan fingerprint density at radius 1 is 1.05 bits per heavy atom. The van der Waals surface area contributed by atoms with Gasteiger partial charge in [-0.15, -0.1) is 0 Å². The Morgan fingerprint density at radius 2 is 1.50 bits per heavy atom. The molecular weight excluding hydrogens is 274 g/mol. The van der Waals surface area contributed by atoms with Crippen LogP contribution in [0.15, 0.2) is 0 Å². The molecule has 0 radical (unpaired) electrons. The van der Waals surface area contributed by atoms with Gasteiger partial charge >= 0.3 is 5.97 Å². The van der Waals surface area contributed by atoms with Gasteiger partial charge in [-0.3, -0.25) is 9.59 Å². The van der Waals surface area contributed by atoms with Gasteiger partial charge in [0.05, 0.1) is 0 Å². The molecule has 0 aliphatic heterocycles. The van der Waals surface area contributed by atoms with Crippen LogP contribution < -0.4 is 0 Å². The van der Waals surface area contributed by atoms with Gasteiger partial charge in [-0.1, -0.05) is 53.3 Å². The zero-order valence-corrected chi connectivity index (χ0v) is 14.6. The van der Waals surface area contributed by atoms with Crippen LogP contribution in [0.4, 0.5) is 4.79 Å². The number of hydrogen-bond donors (Lipinski definition) is 1. The summed E-state index contributed by atoms with van der Waals surface area (Å²) in [7, 11) is 0. The fourth-order valence-corrected chi connectivity index (χ4v) is 2.11. The third kappa shape index (κ3) is 15.3. The molecular formula is C15H31NO3S. The summed E-state index contributed by atoms with van der Waals surface area (Å²) in [6, 6.07) is 0. The van der Waals surface area contributed by atoms with Crippen molar-refractivity contribution in [2.24, 2.45) is 11.8 Å². The van der Waals surface area contributed by atoms with Gasteiger partial charge < -0.3 is 10.0 Å². The Hall–Kier alpha value is -0.710. The van der Waals surface area contributed by atoms with E-state index in [0.717, 1.165) is 25.3 Å². The molecule has 0 aliphatic rings. The molecule has 0 atom stereocenters. The van der Waals surface area contributed by atoms with Crippen molar-refractivity contribution in [2.45, 2.75) is 54.4 Å². The Morgan fingerprint density at radius 3 is 1.70 bits per heavy atom. The zero-order chi connectivity index (χ0) is 16.1. The third-order valence-electron chi connectivity index (χ3n) is 2.16. The molecule has 0 aromatic carbocycles. The maximum absolute atomic E-state index is 11.7. The van der Waals surface area contributed by atoms with Crippen molar-refractivity contribution in [1.82, 2.24) is 4.90 Å². The van der Waals surface area contributed by atoms with Crippen molar-refractivity contribution >= 4 is 23.0 Å². The average Bonchev–Trinajstić information content (AvgIpc) is 2.27. The van der Waals surface area contributed by atoms with Crippen molar-refractivity contribution in [2.75, 3.05) is 18.8 Å². The lowest BCUT2D eigenvalue weighted by Crippen LogP contribution is -2.34. The van der Waals surface area contributed by atoms with Crippen LogP contribution in [0.25, 0.3) is 0 Å². The zero-order valence-electron chi connectivity index (χ0n) is 13.8. The molecule has 0 aromatic heterocycles. The lowest BCUT2D eigenvalue weighted by molar-refractivity contribution is -0.137. The molecule has 0 spiro atoms. The summed E-state index contributed by atoms with van der Waals surface area (Å²) in [5.41, 5.74) is 0. The second-order valence-electron chi connectivity index (χ2n) is 5.54. The lowest BCUT2D eigenvalue weighted by Gasteiger charge is -2.25. The van der Waals surface area contributed by atoms with Crippen LogP contribution in [-0.4, -0.2) is 40.1 Å². The van der Waals surface area contributed by atoms with E-state index in [-0.39, 0.29) is 5.24 Å². The van der Waals surface area contributed by atoms with Gasteiger partial charge in [0.25, 0.3) is 5.24 Å². The monoisotopic (exact) mass is 305 g/mol. The van der Waals surface area contributed by atoms with Gasteiger partial charge in [0.2, 0.25) is 0 Å². The van der Waals surface area contributed by atoms with Crippen LogP contribution in [0.2, 0.25) is 0 Å². The minimum atomic E-state index is -0.711. The number of rotatable bonds is 7. The highest BCUT2D eigenvalue weighted by Gasteiger charge is 2.15. The second kappa shape index (κ2) is 13.3. The number of carbonyl (C=O) groups is 2. The van der Waals surface area contributed by atoms with Crippen LogP contribution >= 0.6 is 11.8 Å². The van der Waals surface area contributed by atoms with E-state index in [1.807, 2.05) is 18.7 Å². The summed E-state index contributed by atoms with van der Waals surface area (Å²) in [5, 5.41) is 8.14. The van der Waals surface area contributed by atoms with Crippen molar-refractivity contribution in [1.29, 1.82) is 0 Å². The van der Waals surface area contributed by atoms with E-state index in [1.54, 1.807) is 0 Å². The molecule has 0 saturated carbocycles. The molecule has 0 heterocycles. The van der Waals surface area contributed by atoms with E-state index in [0.29, 0.717) is 18.3 Å². The van der Waals surface area contributed by atoms with Gasteiger partial charge in [0, 0.05) is 19.5 Å². The normalized spacial score (nSPS) is 10.2.